The molecule has 110 valence electrons. The van der Waals surface area contributed by atoms with Crippen molar-refractivity contribution in [2.45, 2.75) is 40.0 Å². The lowest BCUT2D eigenvalue weighted by Gasteiger charge is -2.08. The zero-order chi connectivity index (χ0) is 15.0. The number of aryl methyl sites for hydroxylation is 1. The first-order valence-corrected chi connectivity index (χ1v) is 7.11. The van der Waals surface area contributed by atoms with E-state index in [-0.39, 0.29) is 12.5 Å². The van der Waals surface area contributed by atoms with Gasteiger partial charge in [-0.2, -0.15) is 5.10 Å². The summed E-state index contributed by atoms with van der Waals surface area (Å²) in [6.45, 7) is 5.84. The fourth-order valence-corrected chi connectivity index (χ4v) is 1.82. The van der Waals surface area contributed by atoms with Gasteiger partial charge in [0.2, 0.25) is 0 Å². The van der Waals surface area contributed by atoms with Crippen LogP contribution in [0.4, 0.5) is 0 Å². The molecule has 0 saturated heterocycles. The molecule has 1 aromatic carbocycles. The Bertz CT molecular complexity index is 487. The van der Waals surface area contributed by atoms with Crippen molar-refractivity contribution < 1.29 is 9.53 Å². The van der Waals surface area contributed by atoms with Crippen LogP contribution in [0.15, 0.2) is 23.3 Å². The molecule has 4 nitrogen and oxygen atoms in total. The Hall–Kier alpha value is -1.55. The second kappa shape index (κ2) is 8.59. The minimum Gasteiger partial charge on any atom is -0.483 e. The van der Waals surface area contributed by atoms with E-state index in [9.17, 15) is 4.79 Å². The zero-order valence-corrected chi connectivity index (χ0v) is 13.0. The number of carbonyl (C=O) groups excluding carboxylic acids is 1. The molecule has 0 aliphatic heterocycles. The molecule has 0 fully saturated rings. The summed E-state index contributed by atoms with van der Waals surface area (Å²) >= 11 is 5.85. The monoisotopic (exact) mass is 296 g/mol. The molecule has 0 bridgehead atoms. The van der Waals surface area contributed by atoms with Crippen LogP contribution in [0.25, 0.3) is 0 Å². The van der Waals surface area contributed by atoms with Crippen molar-refractivity contribution in [1.82, 2.24) is 5.43 Å². The van der Waals surface area contributed by atoms with Gasteiger partial charge in [0.15, 0.2) is 6.61 Å². The van der Waals surface area contributed by atoms with Gasteiger partial charge in [-0.25, -0.2) is 5.43 Å². The molecule has 0 radical (unpaired) electrons. The van der Waals surface area contributed by atoms with Gasteiger partial charge in [-0.3, -0.25) is 4.79 Å². The van der Waals surface area contributed by atoms with E-state index in [1.54, 1.807) is 18.2 Å². The highest BCUT2D eigenvalue weighted by atomic mass is 35.5. The number of amides is 1. The van der Waals surface area contributed by atoms with E-state index in [4.69, 9.17) is 16.3 Å². The molecule has 0 saturated carbocycles. The number of carbonyl (C=O) groups is 1. The molecule has 1 N–H and O–H groups in total. The lowest BCUT2D eigenvalue weighted by Crippen LogP contribution is -2.25. The number of benzene rings is 1. The van der Waals surface area contributed by atoms with Gasteiger partial charge in [-0.15, -0.1) is 0 Å². The van der Waals surface area contributed by atoms with Crippen LogP contribution in [0.3, 0.4) is 0 Å². The molecular formula is C15H21ClN2O2. The molecule has 0 spiro atoms. The average molecular weight is 297 g/mol. The van der Waals surface area contributed by atoms with E-state index in [0.29, 0.717) is 10.8 Å². The maximum atomic E-state index is 11.6. The van der Waals surface area contributed by atoms with Crippen LogP contribution in [0.5, 0.6) is 5.75 Å². The van der Waals surface area contributed by atoms with Crippen LogP contribution < -0.4 is 10.2 Å². The van der Waals surface area contributed by atoms with Crippen LogP contribution in [-0.4, -0.2) is 18.2 Å². The van der Waals surface area contributed by atoms with Crippen molar-refractivity contribution in [3.8, 4) is 5.75 Å². The van der Waals surface area contributed by atoms with Crippen LogP contribution in [0, 0.1) is 6.92 Å². The quantitative estimate of drug-likeness (QED) is 0.616. The number of ether oxygens (including phenoxy) is 1. The van der Waals surface area contributed by atoms with Gasteiger partial charge in [-0.05, 0) is 50.5 Å². The highest BCUT2D eigenvalue weighted by Gasteiger charge is 2.04. The van der Waals surface area contributed by atoms with E-state index in [0.717, 1.165) is 30.5 Å². The summed E-state index contributed by atoms with van der Waals surface area (Å²) in [7, 11) is 0. The molecule has 0 aromatic heterocycles. The third-order valence-electron chi connectivity index (χ3n) is 2.76. The number of nitrogens with zero attached hydrogens (tertiary/aromatic N) is 1. The molecule has 0 heterocycles. The largest absolute Gasteiger partial charge is 0.483 e. The smallest absolute Gasteiger partial charge is 0.277 e. The van der Waals surface area contributed by atoms with Crippen LogP contribution in [-0.2, 0) is 4.79 Å². The molecule has 1 aromatic rings. The maximum Gasteiger partial charge on any atom is 0.277 e. The van der Waals surface area contributed by atoms with E-state index < -0.39 is 0 Å². The molecule has 0 atom stereocenters. The van der Waals surface area contributed by atoms with Gasteiger partial charge in [0.25, 0.3) is 5.91 Å². The number of hydrazone groups is 1. The van der Waals surface area contributed by atoms with Crippen molar-refractivity contribution in [1.29, 1.82) is 0 Å². The first-order valence-electron chi connectivity index (χ1n) is 6.74. The van der Waals surface area contributed by atoms with Gasteiger partial charge in [0.1, 0.15) is 5.75 Å². The highest BCUT2D eigenvalue weighted by molar-refractivity contribution is 6.30. The number of nitrogens with one attached hydrogen (secondary N) is 1. The zero-order valence-electron chi connectivity index (χ0n) is 12.2. The molecular weight excluding hydrogens is 276 g/mol. The number of hydrogen-bond donors (Lipinski definition) is 1. The third kappa shape index (κ3) is 6.06. The summed E-state index contributed by atoms with van der Waals surface area (Å²) in [5, 5.41) is 4.67. The Morgan fingerprint density at radius 3 is 2.85 bits per heavy atom. The number of unbranched alkanes of at least 4 members (excludes halogenated alkanes) is 1. The van der Waals surface area contributed by atoms with E-state index in [1.807, 2.05) is 13.8 Å². The van der Waals surface area contributed by atoms with Crippen molar-refractivity contribution in [3.63, 3.8) is 0 Å². The Labute approximate surface area is 125 Å². The standard InChI is InChI=1S/C15H21ClN2O2/c1-4-5-6-12(3)17-18-15(19)10-20-14-8-7-13(16)9-11(14)2/h7-9H,4-6,10H2,1-3H3,(H,18,19)/b17-12+. The fourth-order valence-electron chi connectivity index (χ4n) is 1.60. The van der Waals surface area contributed by atoms with Crippen molar-refractivity contribution in [2.24, 2.45) is 5.10 Å². The van der Waals surface area contributed by atoms with E-state index in [2.05, 4.69) is 17.5 Å². The fraction of sp³-hybridized carbons (Fsp3) is 0.467. The summed E-state index contributed by atoms with van der Waals surface area (Å²) < 4.78 is 5.43. The first kappa shape index (κ1) is 16.5. The molecule has 5 heteroatoms. The number of hydrogen-bond acceptors (Lipinski definition) is 3. The average Bonchev–Trinajstić information content (AvgIpc) is 2.41. The van der Waals surface area contributed by atoms with Gasteiger partial charge in [0.05, 0.1) is 0 Å². The molecule has 1 amide bonds. The van der Waals surface area contributed by atoms with Crippen LogP contribution >= 0.6 is 11.6 Å². The van der Waals surface area contributed by atoms with E-state index >= 15 is 0 Å². The van der Waals surface area contributed by atoms with Crippen molar-refractivity contribution >= 4 is 23.2 Å². The van der Waals surface area contributed by atoms with Crippen molar-refractivity contribution in [3.05, 3.63) is 28.8 Å². The van der Waals surface area contributed by atoms with Crippen molar-refractivity contribution in [2.75, 3.05) is 6.61 Å². The molecule has 1 rings (SSSR count). The lowest BCUT2D eigenvalue weighted by molar-refractivity contribution is -0.123. The predicted octanol–water partition coefficient (Wildman–Crippen LogP) is 3.71. The molecule has 0 aliphatic rings. The third-order valence-corrected chi connectivity index (χ3v) is 2.99. The summed E-state index contributed by atoms with van der Waals surface area (Å²) in [5.74, 6) is 0.381. The minimum absolute atomic E-state index is 0.0625. The predicted molar refractivity (Wildman–Crippen MR) is 82.5 cm³/mol. The summed E-state index contributed by atoms with van der Waals surface area (Å²) in [5.41, 5.74) is 4.31. The molecule has 0 unspecified atom stereocenters. The Morgan fingerprint density at radius 2 is 2.20 bits per heavy atom. The Kier molecular flexibility index (Phi) is 7.09. The first-order chi connectivity index (χ1) is 9.52. The molecule has 0 aliphatic carbocycles. The van der Waals surface area contributed by atoms with Crippen LogP contribution in [0.2, 0.25) is 5.02 Å². The number of halogens is 1. The van der Waals surface area contributed by atoms with Gasteiger partial charge in [0, 0.05) is 10.7 Å². The summed E-state index contributed by atoms with van der Waals surface area (Å²) in [6, 6.07) is 5.28. The van der Waals surface area contributed by atoms with Gasteiger partial charge < -0.3 is 4.74 Å². The summed E-state index contributed by atoms with van der Waals surface area (Å²) in [4.78, 5) is 11.6. The second-order valence-corrected chi connectivity index (χ2v) is 5.12. The second-order valence-electron chi connectivity index (χ2n) is 4.68. The molecule has 20 heavy (non-hydrogen) atoms. The maximum absolute atomic E-state index is 11.6. The highest BCUT2D eigenvalue weighted by Crippen LogP contribution is 2.21. The normalized spacial score (nSPS) is 11.3. The van der Waals surface area contributed by atoms with Crippen LogP contribution in [0.1, 0.15) is 38.7 Å². The van der Waals surface area contributed by atoms with Gasteiger partial charge in [-0.1, -0.05) is 24.9 Å². The lowest BCUT2D eigenvalue weighted by atomic mass is 10.2. The topological polar surface area (TPSA) is 50.7 Å². The van der Waals surface area contributed by atoms with E-state index in [1.165, 1.54) is 0 Å². The van der Waals surface area contributed by atoms with Gasteiger partial charge >= 0.3 is 0 Å². The Balaban J connectivity index is 2.39. The number of rotatable bonds is 7. The SMILES string of the molecule is CCCC/C(C)=N/NC(=O)COc1ccc(Cl)cc1C. The Morgan fingerprint density at radius 1 is 1.45 bits per heavy atom. The summed E-state index contributed by atoms with van der Waals surface area (Å²) in [6.07, 6.45) is 3.08. The minimum atomic E-state index is -0.268.